The SMILES string of the molecule is CC(C)c1cnc(C(F)(F)F)cc1Nc1cnc(N)nc1N. The molecule has 0 aliphatic carbocycles. The van der Waals surface area contributed by atoms with Gasteiger partial charge in [-0.2, -0.15) is 18.2 Å². The second kappa shape index (κ2) is 5.66. The highest BCUT2D eigenvalue weighted by atomic mass is 19.4. The van der Waals surface area contributed by atoms with E-state index in [1.54, 1.807) is 0 Å². The molecule has 0 saturated heterocycles. The number of pyridine rings is 1. The van der Waals surface area contributed by atoms with Crippen molar-refractivity contribution >= 4 is 23.1 Å². The molecule has 0 bridgehead atoms. The summed E-state index contributed by atoms with van der Waals surface area (Å²) < 4.78 is 38.4. The lowest BCUT2D eigenvalue weighted by molar-refractivity contribution is -0.141. The van der Waals surface area contributed by atoms with Gasteiger partial charge in [0.2, 0.25) is 5.95 Å². The molecule has 2 heterocycles. The molecule has 6 nitrogen and oxygen atoms in total. The van der Waals surface area contributed by atoms with E-state index < -0.39 is 11.9 Å². The van der Waals surface area contributed by atoms with Crippen LogP contribution in [0.3, 0.4) is 0 Å². The fraction of sp³-hybridized carbons (Fsp3) is 0.308. The molecule has 118 valence electrons. The topological polar surface area (TPSA) is 103 Å². The Morgan fingerprint density at radius 2 is 1.77 bits per heavy atom. The molecule has 9 heteroatoms. The van der Waals surface area contributed by atoms with Crippen molar-refractivity contribution in [3.05, 3.63) is 29.7 Å². The molecule has 2 rings (SSSR count). The minimum atomic E-state index is -4.53. The maximum absolute atomic E-state index is 12.8. The zero-order valence-electron chi connectivity index (χ0n) is 11.9. The third-order valence-electron chi connectivity index (χ3n) is 2.95. The zero-order chi connectivity index (χ0) is 16.5. The molecular weight excluding hydrogens is 297 g/mol. The van der Waals surface area contributed by atoms with E-state index in [4.69, 9.17) is 11.5 Å². The highest BCUT2D eigenvalue weighted by Crippen LogP contribution is 2.34. The normalized spacial score (nSPS) is 11.7. The Kier molecular flexibility index (Phi) is 4.07. The summed E-state index contributed by atoms with van der Waals surface area (Å²) in [7, 11) is 0. The monoisotopic (exact) mass is 312 g/mol. The standard InChI is InChI=1S/C13H15F3N6/c1-6(2)7-4-19-10(13(14,15)16)3-8(7)21-9-5-20-12(18)22-11(9)17/h3-6H,1-2H3,(H,19,21)(H4,17,18,20,22). The first-order chi connectivity index (χ1) is 10.2. The molecule has 5 N–H and O–H groups in total. The maximum Gasteiger partial charge on any atom is 0.433 e. The average molecular weight is 312 g/mol. The lowest BCUT2D eigenvalue weighted by Crippen LogP contribution is -2.11. The van der Waals surface area contributed by atoms with Crippen LogP contribution in [-0.4, -0.2) is 15.0 Å². The molecule has 22 heavy (non-hydrogen) atoms. The van der Waals surface area contributed by atoms with Gasteiger partial charge in [0, 0.05) is 11.9 Å². The molecule has 0 radical (unpaired) electrons. The zero-order valence-corrected chi connectivity index (χ0v) is 11.9. The predicted octanol–water partition coefficient (Wildman–Crippen LogP) is 2.92. The van der Waals surface area contributed by atoms with Gasteiger partial charge >= 0.3 is 6.18 Å². The number of anilines is 4. The van der Waals surface area contributed by atoms with Gasteiger partial charge in [-0.1, -0.05) is 13.8 Å². The van der Waals surface area contributed by atoms with E-state index in [2.05, 4.69) is 20.3 Å². The highest BCUT2D eigenvalue weighted by Gasteiger charge is 2.33. The van der Waals surface area contributed by atoms with Gasteiger partial charge in [-0.15, -0.1) is 0 Å². The maximum atomic E-state index is 12.8. The second-order valence-corrected chi connectivity index (χ2v) is 4.96. The number of nitrogens with two attached hydrogens (primary N) is 2. The Hall–Kier alpha value is -2.58. The Bertz CT molecular complexity index is 684. The van der Waals surface area contributed by atoms with Crippen molar-refractivity contribution in [2.24, 2.45) is 0 Å². The lowest BCUT2D eigenvalue weighted by Gasteiger charge is -2.17. The van der Waals surface area contributed by atoms with Crippen LogP contribution < -0.4 is 16.8 Å². The predicted molar refractivity (Wildman–Crippen MR) is 77.5 cm³/mol. The van der Waals surface area contributed by atoms with Crippen molar-refractivity contribution in [3.63, 3.8) is 0 Å². The van der Waals surface area contributed by atoms with Gasteiger partial charge in [0.25, 0.3) is 0 Å². The van der Waals surface area contributed by atoms with Crippen LogP contribution >= 0.6 is 0 Å². The first-order valence-corrected chi connectivity index (χ1v) is 6.40. The summed E-state index contributed by atoms with van der Waals surface area (Å²) in [5, 5.41) is 2.82. The van der Waals surface area contributed by atoms with Crippen molar-refractivity contribution in [3.8, 4) is 0 Å². The minimum absolute atomic E-state index is 0.0159. The first-order valence-electron chi connectivity index (χ1n) is 6.40. The van der Waals surface area contributed by atoms with Crippen molar-refractivity contribution in [2.45, 2.75) is 25.9 Å². The minimum Gasteiger partial charge on any atom is -0.382 e. The van der Waals surface area contributed by atoms with Crippen LogP contribution in [0, 0.1) is 0 Å². The summed E-state index contributed by atoms with van der Waals surface area (Å²) in [6.07, 6.45) is -2.02. The number of hydrogen-bond donors (Lipinski definition) is 3. The second-order valence-electron chi connectivity index (χ2n) is 4.96. The van der Waals surface area contributed by atoms with Gasteiger partial charge in [-0.25, -0.2) is 4.98 Å². The van der Waals surface area contributed by atoms with Crippen LogP contribution in [0.1, 0.15) is 31.0 Å². The van der Waals surface area contributed by atoms with Gasteiger partial charge in [0.05, 0.1) is 6.20 Å². The van der Waals surface area contributed by atoms with Crippen LogP contribution in [0.4, 0.5) is 36.3 Å². The third kappa shape index (κ3) is 3.35. The molecule has 0 fully saturated rings. The molecule has 0 aliphatic rings. The summed E-state index contributed by atoms with van der Waals surface area (Å²) in [6, 6.07) is 0.936. The summed E-state index contributed by atoms with van der Waals surface area (Å²) >= 11 is 0. The van der Waals surface area contributed by atoms with Crippen molar-refractivity contribution in [1.29, 1.82) is 0 Å². The quantitative estimate of drug-likeness (QED) is 0.805. The fourth-order valence-corrected chi connectivity index (χ4v) is 1.84. The Labute approximate surface area is 124 Å². The number of nitrogens with one attached hydrogen (secondary N) is 1. The molecule has 2 aromatic heterocycles. The van der Waals surface area contributed by atoms with Crippen molar-refractivity contribution < 1.29 is 13.2 Å². The smallest absolute Gasteiger partial charge is 0.382 e. The Balaban J connectivity index is 2.47. The molecular formula is C13H15F3N6. The molecule has 0 aliphatic heterocycles. The number of nitrogen functional groups attached to an aromatic ring is 2. The Morgan fingerprint density at radius 3 is 2.32 bits per heavy atom. The highest BCUT2D eigenvalue weighted by molar-refractivity contribution is 5.71. The van der Waals surface area contributed by atoms with E-state index in [1.165, 1.54) is 12.4 Å². The third-order valence-corrected chi connectivity index (χ3v) is 2.95. The van der Waals surface area contributed by atoms with Crippen molar-refractivity contribution in [2.75, 3.05) is 16.8 Å². The van der Waals surface area contributed by atoms with Crippen LogP contribution in [0.25, 0.3) is 0 Å². The molecule has 0 amide bonds. The largest absolute Gasteiger partial charge is 0.433 e. The Morgan fingerprint density at radius 1 is 1.09 bits per heavy atom. The summed E-state index contributed by atoms with van der Waals surface area (Å²) in [5.74, 6) is -0.00127. The van der Waals surface area contributed by atoms with Gasteiger partial charge in [-0.3, -0.25) is 4.98 Å². The van der Waals surface area contributed by atoms with Crippen LogP contribution in [0.15, 0.2) is 18.5 Å². The van der Waals surface area contributed by atoms with E-state index in [-0.39, 0.29) is 29.1 Å². The number of halogens is 3. The van der Waals surface area contributed by atoms with Gasteiger partial charge in [-0.05, 0) is 17.5 Å². The summed E-state index contributed by atoms with van der Waals surface area (Å²) in [5.41, 5.74) is 11.2. The number of alkyl halides is 3. The molecule has 0 saturated carbocycles. The number of rotatable bonds is 3. The van der Waals surface area contributed by atoms with E-state index in [0.717, 1.165) is 6.07 Å². The van der Waals surface area contributed by atoms with Gasteiger partial charge in [0.15, 0.2) is 5.82 Å². The van der Waals surface area contributed by atoms with E-state index >= 15 is 0 Å². The van der Waals surface area contributed by atoms with Gasteiger partial charge in [0.1, 0.15) is 11.4 Å². The summed E-state index contributed by atoms with van der Waals surface area (Å²) in [6.45, 7) is 3.69. The fourth-order valence-electron chi connectivity index (χ4n) is 1.84. The van der Waals surface area contributed by atoms with Crippen LogP contribution in [0.2, 0.25) is 0 Å². The number of aromatic nitrogens is 3. The molecule has 2 aromatic rings. The van der Waals surface area contributed by atoms with E-state index in [0.29, 0.717) is 5.56 Å². The van der Waals surface area contributed by atoms with Crippen LogP contribution in [-0.2, 0) is 6.18 Å². The first kappa shape index (κ1) is 15.8. The lowest BCUT2D eigenvalue weighted by atomic mass is 10.0. The number of nitrogens with zero attached hydrogens (tertiary/aromatic N) is 3. The summed E-state index contributed by atoms with van der Waals surface area (Å²) in [4.78, 5) is 11.0. The van der Waals surface area contributed by atoms with E-state index in [9.17, 15) is 13.2 Å². The molecule has 0 aromatic carbocycles. The molecule has 0 atom stereocenters. The number of hydrogen-bond acceptors (Lipinski definition) is 6. The molecule has 0 spiro atoms. The van der Waals surface area contributed by atoms with E-state index in [1.807, 2.05) is 13.8 Å². The van der Waals surface area contributed by atoms with Crippen molar-refractivity contribution in [1.82, 2.24) is 15.0 Å². The van der Waals surface area contributed by atoms with Crippen LogP contribution in [0.5, 0.6) is 0 Å². The van der Waals surface area contributed by atoms with Gasteiger partial charge < -0.3 is 16.8 Å². The average Bonchev–Trinajstić information content (AvgIpc) is 2.40. The molecule has 0 unspecified atom stereocenters.